The Morgan fingerprint density at radius 1 is 1.31 bits per heavy atom. The fourth-order valence-electron chi connectivity index (χ4n) is 1.05. The maximum atomic E-state index is 13.1. The van der Waals surface area contributed by atoms with E-state index in [1.807, 2.05) is 0 Å². The van der Waals surface area contributed by atoms with Crippen LogP contribution < -0.4 is 0 Å². The van der Waals surface area contributed by atoms with Crippen molar-refractivity contribution in [2.75, 3.05) is 5.75 Å². The van der Waals surface area contributed by atoms with Crippen LogP contribution in [0.25, 0.3) is 0 Å². The highest BCUT2D eigenvalue weighted by atomic mass is 32.2. The van der Waals surface area contributed by atoms with Crippen LogP contribution in [-0.4, -0.2) is 25.2 Å². The monoisotopic (exact) mass is 250 g/mol. The molecule has 0 bridgehead atoms. The lowest BCUT2D eigenvalue weighted by Gasteiger charge is -2.04. The Morgan fingerprint density at radius 3 is 2.50 bits per heavy atom. The highest BCUT2D eigenvalue weighted by Crippen LogP contribution is 2.17. The molecule has 88 valence electrons. The maximum absolute atomic E-state index is 13.1. The third-order valence-corrected chi connectivity index (χ3v) is 3.54. The van der Waals surface area contributed by atoms with Gasteiger partial charge in [-0.05, 0) is 18.2 Å². The fourth-order valence-corrected chi connectivity index (χ4v) is 2.37. The molecule has 0 radical (unpaired) electrons. The lowest BCUT2D eigenvalue weighted by Crippen LogP contribution is -2.12. The average molecular weight is 250 g/mol. The van der Waals surface area contributed by atoms with E-state index in [1.165, 1.54) is 0 Å². The van der Waals surface area contributed by atoms with Crippen LogP contribution >= 0.6 is 0 Å². The van der Waals surface area contributed by atoms with E-state index in [1.54, 1.807) is 0 Å². The molecule has 7 heteroatoms. The molecule has 0 aliphatic carbocycles. The molecule has 0 spiro atoms. The van der Waals surface area contributed by atoms with Crippen LogP contribution in [-0.2, 0) is 14.6 Å². The number of rotatable bonds is 4. The molecule has 0 aliphatic rings. The maximum Gasteiger partial charge on any atom is 0.304 e. The molecule has 1 N–H and O–H groups in total. The van der Waals surface area contributed by atoms with E-state index < -0.39 is 44.5 Å². The van der Waals surface area contributed by atoms with Gasteiger partial charge in [0.25, 0.3) is 0 Å². The largest absolute Gasteiger partial charge is 0.481 e. The summed E-state index contributed by atoms with van der Waals surface area (Å²) >= 11 is 0. The molecule has 0 saturated carbocycles. The van der Waals surface area contributed by atoms with Crippen molar-refractivity contribution in [3.05, 3.63) is 29.8 Å². The zero-order valence-corrected chi connectivity index (χ0v) is 8.80. The first-order chi connectivity index (χ1) is 7.33. The SMILES string of the molecule is O=C(O)CCS(=O)(=O)c1cc(F)ccc1F. The Hall–Kier alpha value is -1.50. The molecule has 0 unspecified atom stereocenters. The molecular formula is C9H8F2O4S. The molecule has 0 atom stereocenters. The summed E-state index contributed by atoms with van der Waals surface area (Å²) in [4.78, 5) is 9.39. The first kappa shape index (κ1) is 12.6. The van der Waals surface area contributed by atoms with Gasteiger partial charge in [0, 0.05) is 0 Å². The average Bonchev–Trinajstić information content (AvgIpc) is 2.19. The standard InChI is InChI=1S/C9H8F2O4S/c10-6-1-2-7(11)8(5-6)16(14,15)4-3-9(12)13/h1-2,5H,3-4H2,(H,12,13). The summed E-state index contributed by atoms with van der Waals surface area (Å²) in [5.41, 5.74) is 0. The molecule has 1 aromatic rings. The van der Waals surface area contributed by atoms with Gasteiger partial charge in [0.15, 0.2) is 9.84 Å². The normalized spacial score (nSPS) is 11.4. The Balaban J connectivity index is 3.07. The molecule has 0 aliphatic heterocycles. The third-order valence-electron chi connectivity index (χ3n) is 1.81. The Labute approximate surface area is 90.4 Å². The predicted octanol–water partition coefficient (Wildman–Crippen LogP) is 1.21. The molecular weight excluding hydrogens is 242 g/mol. The van der Waals surface area contributed by atoms with E-state index >= 15 is 0 Å². The number of aliphatic carboxylic acids is 1. The van der Waals surface area contributed by atoms with Crippen molar-refractivity contribution in [2.24, 2.45) is 0 Å². The number of sulfone groups is 1. The molecule has 0 aromatic heterocycles. The van der Waals surface area contributed by atoms with E-state index in [9.17, 15) is 22.0 Å². The van der Waals surface area contributed by atoms with E-state index in [4.69, 9.17) is 5.11 Å². The molecule has 0 fully saturated rings. The first-order valence-electron chi connectivity index (χ1n) is 4.22. The van der Waals surface area contributed by atoms with Gasteiger partial charge in [0.2, 0.25) is 0 Å². The minimum atomic E-state index is -4.10. The van der Waals surface area contributed by atoms with Crippen molar-refractivity contribution >= 4 is 15.8 Å². The predicted molar refractivity (Wildman–Crippen MR) is 50.7 cm³/mol. The molecule has 1 aromatic carbocycles. The van der Waals surface area contributed by atoms with E-state index in [0.717, 1.165) is 6.07 Å². The van der Waals surface area contributed by atoms with Crippen molar-refractivity contribution in [1.29, 1.82) is 0 Å². The van der Waals surface area contributed by atoms with Gasteiger partial charge in [-0.1, -0.05) is 0 Å². The van der Waals surface area contributed by atoms with Crippen LogP contribution in [0, 0.1) is 11.6 Å². The van der Waals surface area contributed by atoms with Crippen molar-refractivity contribution in [3.63, 3.8) is 0 Å². The Morgan fingerprint density at radius 2 is 1.94 bits per heavy atom. The zero-order valence-electron chi connectivity index (χ0n) is 7.98. The number of hydrogen-bond acceptors (Lipinski definition) is 3. The lowest BCUT2D eigenvalue weighted by molar-refractivity contribution is -0.136. The van der Waals surface area contributed by atoms with Crippen LogP contribution in [0.4, 0.5) is 8.78 Å². The summed E-state index contributed by atoms with van der Waals surface area (Å²) in [6.45, 7) is 0. The number of hydrogen-bond donors (Lipinski definition) is 1. The smallest absolute Gasteiger partial charge is 0.304 e. The molecule has 16 heavy (non-hydrogen) atoms. The van der Waals surface area contributed by atoms with Gasteiger partial charge in [-0.15, -0.1) is 0 Å². The molecule has 0 amide bonds. The van der Waals surface area contributed by atoms with Gasteiger partial charge in [-0.3, -0.25) is 4.79 Å². The number of benzene rings is 1. The molecule has 1 rings (SSSR count). The topological polar surface area (TPSA) is 71.4 Å². The van der Waals surface area contributed by atoms with Crippen molar-refractivity contribution < 1.29 is 27.1 Å². The van der Waals surface area contributed by atoms with Crippen molar-refractivity contribution in [3.8, 4) is 0 Å². The molecule has 4 nitrogen and oxygen atoms in total. The number of carboxylic acid groups (broad SMARTS) is 1. The fraction of sp³-hybridized carbons (Fsp3) is 0.222. The summed E-state index contributed by atoms with van der Waals surface area (Å²) in [5, 5.41) is 8.32. The summed E-state index contributed by atoms with van der Waals surface area (Å²) in [6, 6.07) is 2.00. The van der Waals surface area contributed by atoms with E-state index in [0.29, 0.717) is 12.1 Å². The van der Waals surface area contributed by atoms with E-state index in [2.05, 4.69) is 0 Å². The second-order valence-corrected chi connectivity index (χ2v) is 5.11. The minimum absolute atomic E-state index is 0.534. The van der Waals surface area contributed by atoms with Gasteiger partial charge >= 0.3 is 5.97 Å². The number of halogens is 2. The van der Waals surface area contributed by atoms with Crippen LogP contribution in [0.1, 0.15) is 6.42 Å². The molecule has 0 saturated heterocycles. The Kier molecular flexibility index (Phi) is 3.58. The van der Waals surface area contributed by atoms with Crippen molar-refractivity contribution in [1.82, 2.24) is 0 Å². The van der Waals surface area contributed by atoms with Gasteiger partial charge in [-0.25, -0.2) is 17.2 Å². The molecule has 0 heterocycles. The quantitative estimate of drug-likeness (QED) is 0.871. The van der Waals surface area contributed by atoms with Crippen LogP contribution in [0.2, 0.25) is 0 Å². The number of carboxylic acids is 1. The highest BCUT2D eigenvalue weighted by Gasteiger charge is 2.20. The minimum Gasteiger partial charge on any atom is -0.481 e. The summed E-state index contributed by atoms with van der Waals surface area (Å²) < 4.78 is 48.7. The van der Waals surface area contributed by atoms with Gasteiger partial charge in [0.05, 0.1) is 12.2 Å². The van der Waals surface area contributed by atoms with Crippen LogP contribution in [0.5, 0.6) is 0 Å². The third kappa shape index (κ3) is 2.99. The first-order valence-corrected chi connectivity index (χ1v) is 5.88. The Bertz CT molecular complexity index is 510. The van der Waals surface area contributed by atoms with E-state index in [-0.39, 0.29) is 0 Å². The van der Waals surface area contributed by atoms with Gasteiger partial charge in [0.1, 0.15) is 16.5 Å². The number of carbonyl (C=O) groups is 1. The summed E-state index contributed by atoms with van der Waals surface area (Å²) in [5.74, 6) is -4.06. The van der Waals surface area contributed by atoms with Gasteiger partial charge in [-0.2, -0.15) is 0 Å². The summed E-state index contributed by atoms with van der Waals surface area (Å²) in [7, 11) is -4.10. The van der Waals surface area contributed by atoms with Crippen molar-refractivity contribution in [2.45, 2.75) is 11.3 Å². The van der Waals surface area contributed by atoms with Crippen LogP contribution in [0.15, 0.2) is 23.1 Å². The second kappa shape index (κ2) is 4.56. The van der Waals surface area contributed by atoms with Gasteiger partial charge < -0.3 is 5.11 Å². The second-order valence-electron chi connectivity index (χ2n) is 3.04. The van der Waals surface area contributed by atoms with Crippen LogP contribution in [0.3, 0.4) is 0 Å². The lowest BCUT2D eigenvalue weighted by atomic mass is 10.3. The summed E-state index contributed by atoms with van der Waals surface area (Å²) in [6.07, 6.45) is -0.654. The zero-order chi connectivity index (χ0) is 12.3. The highest BCUT2D eigenvalue weighted by molar-refractivity contribution is 7.91.